The van der Waals surface area contributed by atoms with Crippen molar-refractivity contribution >= 4 is 23.5 Å². The number of carbonyl (C=O) groups is 4. The Labute approximate surface area is 222 Å². The van der Waals surface area contributed by atoms with Crippen molar-refractivity contribution in [2.24, 2.45) is 17.6 Å². The first-order valence-electron chi connectivity index (χ1n) is 13.0. The van der Waals surface area contributed by atoms with E-state index in [-0.39, 0.29) is 36.5 Å². The van der Waals surface area contributed by atoms with E-state index in [1.165, 1.54) is 12.2 Å². The minimum Gasteiger partial charge on any atom is -0.370 e. The molecule has 1 aromatic rings. The van der Waals surface area contributed by atoms with Crippen LogP contribution in [0.4, 0.5) is 0 Å². The number of carbonyl (C=O) groups excluding carboxylic acids is 4. The number of hydrogen-bond donors (Lipinski definition) is 2. The number of nitrogens with two attached hydrogens (primary N) is 1. The van der Waals surface area contributed by atoms with Crippen molar-refractivity contribution in [2.45, 2.75) is 66.8 Å². The molecule has 1 unspecified atom stereocenters. The van der Waals surface area contributed by atoms with Gasteiger partial charge in [0.25, 0.3) is 0 Å². The molecule has 0 saturated heterocycles. The van der Waals surface area contributed by atoms with E-state index in [2.05, 4.69) is 18.5 Å². The lowest BCUT2D eigenvalue weighted by Gasteiger charge is -2.24. The fourth-order valence-corrected chi connectivity index (χ4v) is 3.72. The van der Waals surface area contributed by atoms with E-state index in [0.717, 1.165) is 18.4 Å². The maximum Gasteiger partial charge on any atom is 0.242 e. The van der Waals surface area contributed by atoms with Gasteiger partial charge in [-0.1, -0.05) is 90.6 Å². The number of nitrogens with zero attached hydrogens (tertiary/aromatic N) is 1. The predicted molar refractivity (Wildman–Crippen MR) is 151 cm³/mol. The van der Waals surface area contributed by atoms with E-state index < -0.39 is 11.8 Å². The summed E-state index contributed by atoms with van der Waals surface area (Å²) < 4.78 is 0. The summed E-state index contributed by atoms with van der Waals surface area (Å²) in [6.07, 6.45) is 6.79. The Morgan fingerprint density at radius 3 is 2.35 bits per heavy atom. The molecule has 0 bridgehead atoms. The van der Waals surface area contributed by atoms with Gasteiger partial charge in [-0.15, -0.1) is 0 Å². The molecule has 1 rings (SSSR count). The average molecular weight is 512 g/mol. The average Bonchev–Trinajstić information content (AvgIpc) is 2.88. The molecule has 0 aliphatic rings. The molecule has 204 valence electrons. The van der Waals surface area contributed by atoms with Crippen molar-refractivity contribution < 1.29 is 19.2 Å². The van der Waals surface area contributed by atoms with E-state index in [1.54, 1.807) is 29.2 Å². The Morgan fingerprint density at radius 1 is 1.14 bits per heavy atom. The standard InChI is InChI=1S/C28H39N3O4.C2H6/c1-6-9-14-31(26(33)18-30-28(35)24(15-20(4)5)17-25(29)32)19-21-12-10-13-23(16-21)27(34)22(8-3)11-7-2;1-2/h7-8,10-13,16,20,24H,2-3,6,9,14-15,17-19H2,1,4-5H3,(H2,29,32)(H,30,35);1-2H3/b22-11+;. The number of benzene rings is 1. The lowest BCUT2D eigenvalue weighted by Crippen LogP contribution is -2.43. The van der Waals surface area contributed by atoms with Crippen LogP contribution >= 0.6 is 0 Å². The highest BCUT2D eigenvalue weighted by molar-refractivity contribution is 6.10. The van der Waals surface area contributed by atoms with Crippen LogP contribution < -0.4 is 11.1 Å². The summed E-state index contributed by atoms with van der Waals surface area (Å²) in [5.74, 6) is -1.65. The number of Topliss-reactive ketones (excluding diaryl/α,β-unsaturated/α-hetero) is 1. The predicted octanol–water partition coefficient (Wildman–Crippen LogP) is 4.98. The molecule has 1 aromatic carbocycles. The van der Waals surface area contributed by atoms with Gasteiger partial charge >= 0.3 is 0 Å². The van der Waals surface area contributed by atoms with Gasteiger partial charge in [0.1, 0.15) is 0 Å². The first-order chi connectivity index (χ1) is 17.6. The Kier molecular flexibility index (Phi) is 17.0. The largest absolute Gasteiger partial charge is 0.370 e. The van der Waals surface area contributed by atoms with E-state index in [4.69, 9.17) is 5.73 Å². The van der Waals surface area contributed by atoms with E-state index in [9.17, 15) is 19.2 Å². The second-order valence-electron chi connectivity index (χ2n) is 8.97. The zero-order chi connectivity index (χ0) is 28.4. The zero-order valence-corrected chi connectivity index (χ0v) is 23.2. The van der Waals surface area contributed by atoms with Crippen molar-refractivity contribution in [1.29, 1.82) is 0 Å². The quantitative estimate of drug-likeness (QED) is 0.185. The lowest BCUT2D eigenvalue weighted by atomic mass is 9.93. The van der Waals surface area contributed by atoms with Crippen LogP contribution in [-0.2, 0) is 20.9 Å². The highest BCUT2D eigenvalue weighted by Crippen LogP contribution is 2.16. The maximum atomic E-state index is 13.0. The molecule has 0 fully saturated rings. The molecule has 1 atom stereocenters. The van der Waals surface area contributed by atoms with Crippen molar-refractivity contribution in [3.8, 4) is 0 Å². The van der Waals surface area contributed by atoms with E-state index in [0.29, 0.717) is 30.6 Å². The molecule has 7 nitrogen and oxygen atoms in total. The van der Waals surface area contributed by atoms with Gasteiger partial charge in [0.15, 0.2) is 5.78 Å². The minimum absolute atomic E-state index is 0.0500. The van der Waals surface area contributed by atoms with Gasteiger partial charge in [-0.3, -0.25) is 19.2 Å². The summed E-state index contributed by atoms with van der Waals surface area (Å²) in [5, 5.41) is 2.68. The molecule has 0 aliphatic carbocycles. The molecule has 7 heteroatoms. The fourth-order valence-electron chi connectivity index (χ4n) is 3.72. The first-order valence-corrected chi connectivity index (χ1v) is 13.0. The normalized spacial score (nSPS) is 11.6. The molecule has 0 radical (unpaired) electrons. The Bertz CT molecular complexity index is 950. The van der Waals surface area contributed by atoms with Crippen LogP contribution in [0.2, 0.25) is 0 Å². The van der Waals surface area contributed by atoms with Crippen LogP contribution in [-0.4, -0.2) is 41.5 Å². The van der Waals surface area contributed by atoms with Gasteiger partial charge in [-0.05, 0) is 30.4 Å². The third-order valence-corrected chi connectivity index (χ3v) is 5.46. The molecular weight excluding hydrogens is 466 g/mol. The summed E-state index contributed by atoms with van der Waals surface area (Å²) in [5.41, 5.74) is 7.03. The lowest BCUT2D eigenvalue weighted by molar-refractivity contribution is -0.135. The van der Waals surface area contributed by atoms with Gasteiger partial charge in [0.05, 0.1) is 6.54 Å². The molecule has 3 N–H and O–H groups in total. The SMILES string of the molecule is C=C/C=C(\C=C)C(=O)c1cccc(CN(CCCC)C(=O)CNC(=O)C(CC(N)=O)CC(C)C)c1.CC. The monoisotopic (exact) mass is 511 g/mol. The number of primary amides is 1. The highest BCUT2D eigenvalue weighted by Gasteiger charge is 2.23. The van der Waals surface area contributed by atoms with Crippen LogP contribution in [0.15, 0.2) is 61.2 Å². The number of amides is 3. The molecule has 0 aromatic heterocycles. The highest BCUT2D eigenvalue weighted by atomic mass is 16.2. The number of hydrogen-bond acceptors (Lipinski definition) is 4. The van der Waals surface area contributed by atoms with Crippen molar-refractivity contribution in [3.05, 3.63) is 72.4 Å². The topological polar surface area (TPSA) is 110 Å². The van der Waals surface area contributed by atoms with Gasteiger partial charge in [0, 0.05) is 36.6 Å². The number of ketones is 1. The van der Waals surface area contributed by atoms with Crippen molar-refractivity contribution in [1.82, 2.24) is 10.2 Å². The summed E-state index contributed by atoms with van der Waals surface area (Å²) in [6, 6.07) is 7.12. The number of allylic oxidation sites excluding steroid dienone is 4. The Balaban J connectivity index is 0.00000631. The van der Waals surface area contributed by atoms with E-state index in [1.807, 2.05) is 40.7 Å². The van der Waals surface area contributed by atoms with Gasteiger partial charge in [-0.2, -0.15) is 0 Å². The molecule has 0 saturated carbocycles. The number of rotatable bonds is 16. The second kappa shape index (κ2) is 18.7. The first kappa shape index (κ1) is 33.5. The summed E-state index contributed by atoms with van der Waals surface area (Å²) >= 11 is 0. The van der Waals surface area contributed by atoms with E-state index >= 15 is 0 Å². The van der Waals surface area contributed by atoms with Crippen LogP contribution in [0, 0.1) is 11.8 Å². The fraction of sp³-hybridized carbons (Fsp3) is 0.467. The number of nitrogens with one attached hydrogen (secondary N) is 1. The number of unbranched alkanes of at least 4 members (excludes halogenated alkanes) is 1. The summed E-state index contributed by atoms with van der Waals surface area (Å²) in [4.78, 5) is 51.4. The van der Waals surface area contributed by atoms with Crippen molar-refractivity contribution in [3.63, 3.8) is 0 Å². The zero-order valence-electron chi connectivity index (χ0n) is 23.2. The van der Waals surface area contributed by atoms with Crippen LogP contribution in [0.1, 0.15) is 76.2 Å². The Morgan fingerprint density at radius 2 is 1.81 bits per heavy atom. The molecule has 0 heterocycles. The molecule has 0 aliphatic heterocycles. The Hall–Kier alpha value is -3.48. The second-order valence-corrected chi connectivity index (χ2v) is 8.97. The molecule has 0 spiro atoms. The van der Waals surface area contributed by atoms with Gasteiger partial charge in [-0.25, -0.2) is 0 Å². The molecule has 37 heavy (non-hydrogen) atoms. The minimum atomic E-state index is -0.560. The van der Waals surface area contributed by atoms with Crippen LogP contribution in [0.5, 0.6) is 0 Å². The smallest absolute Gasteiger partial charge is 0.242 e. The van der Waals surface area contributed by atoms with Crippen molar-refractivity contribution in [2.75, 3.05) is 13.1 Å². The summed E-state index contributed by atoms with van der Waals surface area (Å²) in [7, 11) is 0. The third-order valence-electron chi connectivity index (χ3n) is 5.46. The van der Waals surface area contributed by atoms with Gasteiger partial charge < -0.3 is 16.0 Å². The molecule has 3 amide bonds. The summed E-state index contributed by atoms with van der Waals surface area (Å²) in [6.45, 7) is 17.9. The maximum absolute atomic E-state index is 13.0. The van der Waals surface area contributed by atoms with Gasteiger partial charge in [0.2, 0.25) is 17.7 Å². The third kappa shape index (κ3) is 12.9. The molecular formula is C30H45N3O4. The van der Waals surface area contributed by atoms with Crippen LogP contribution in [0.25, 0.3) is 0 Å². The van der Waals surface area contributed by atoms with Crippen LogP contribution in [0.3, 0.4) is 0 Å².